The van der Waals surface area contributed by atoms with Gasteiger partial charge in [0.05, 0.1) is 5.69 Å². The summed E-state index contributed by atoms with van der Waals surface area (Å²) in [5.74, 6) is 0.100. The lowest BCUT2D eigenvalue weighted by Crippen LogP contribution is -2.13. The van der Waals surface area contributed by atoms with Crippen LogP contribution in [0.1, 0.15) is 23.1 Å². The summed E-state index contributed by atoms with van der Waals surface area (Å²) in [4.78, 5) is 13.0. The third-order valence-electron chi connectivity index (χ3n) is 3.47. The quantitative estimate of drug-likeness (QED) is 0.797. The van der Waals surface area contributed by atoms with Gasteiger partial charge in [-0.2, -0.15) is 0 Å². The highest BCUT2D eigenvalue weighted by molar-refractivity contribution is 7.99. The first kappa shape index (κ1) is 16.6. The van der Waals surface area contributed by atoms with Gasteiger partial charge in [-0.15, -0.1) is 11.8 Å². The minimum Gasteiger partial charge on any atom is -0.324 e. The number of hydrogen-bond donors (Lipinski definition) is 1. The highest BCUT2D eigenvalue weighted by atomic mass is 32.2. The molecular weight excluding hydrogens is 297 g/mol. The summed E-state index contributed by atoms with van der Waals surface area (Å²) in [6.45, 7) is 6.02. The van der Waals surface area contributed by atoms with E-state index in [2.05, 4.69) is 37.4 Å². The van der Waals surface area contributed by atoms with Crippen LogP contribution >= 0.6 is 11.8 Å². The molecular formula is C18H20FNOS. The van der Waals surface area contributed by atoms with Crippen LogP contribution in [-0.2, 0) is 4.79 Å². The first-order valence-electron chi connectivity index (χ1n) is 7.22. The summed E-state index contributed by atoms with van der Waals surface area (Å²) in [6, 6.07) is 11.0. The van der Waals surface area contributed by atoms with Crippen molar-refractivity contribution in [3.05, 3.63) is 58.9 Å². The van der Waals surface area contributed by atoms with Gasteiger partial charge in [-0.1, -0.05) is 12.1 Å². The summed E-state index contributed by atoms with van der Waals surface area (Å²) < 4.78 is 13.6. The van der Waals surface area contributed by atoms with E-state index in [-0.39, 0.29) is 11.6 Å². The number of carbonyl (C=O) groups is 1. The zero-order chi connectivity index (χ0) is 16.1. The molecule has 2 nitrogen and oxygen atoms in total. The monoisotopic (exact) mass is 317 g/mol. The van der Waals surface area contributed by atoms with Crippen LogP contribution in [-0.4, -0.2) is 11.7 Å². The van der Waals surface area contributed by atoms with E-state index in [0.717, 1.165) is 10.5 Å². The third kappa shape index (κ3) is 4.60. The first-order chi connectivity index (χ1) is 10.5. The fourth-order valence-corrected chi connectivity index (χ4v) is 2.96. The fraction of sp³-hybridized carbons (Fsp3) is 0.278. The number of halogens is 1. The number of aryl methyl sites for hydroxylation is 3. The second-order valence-electron chi connectivity index (χ2n) is 5.38. The molecule has 0 aliphatic carbocycles. The molecule has 0 fully saturated rings. The summed E-state index contributed by atoms with van der Waals surface area (Å²) in [7, 11) is 0. The number of benzene rings is 2. The average molecular weight is 317 g/mol. The minimum absolute atomic E-state index is 0.166. The van der Waals surface area contributed by atoms with Gasteiger partial charge in [-0.3, -0.25) is 4.79 Å². The van der Waals surface area contributed by atoms with Crippen molar-refractivity contribution in [2.45, 2.75) is 32.1 Å². The van der Waals surface area contributed by atoms with Crippen molar-refractivity contribution in [2.75, 3.05) is 11.1 Å². The molecule has 0 aromatic heterocycles. The molecule has 1 amide bonds. The summed E-state index contributed by atoms with van der Waals surface area (Å²) in [6.07, 6.45) is 0.352. The molecule has 0 aliphatic rings. The second kappa shape index (κ2) is 7.45. The van der Waals surface area contributed by atoms with E-state index in [9.17, 15) is 9.18 Å². The predicted octanol–water partition coefficient (Wildman–Crippen LogP) is 4.87. The zero-order valence-electron chi connectivity index (χ0n) is 13.1. The topological polar surface area (TPSA) is 29.1 Å². The van der Waals surface area contributed by atoms with Crippen molar-refractivity contribution in [1.82, 2.24) is 0 Å². The van der Waals surface area contributed by atoms with Crippen LogP contribution in [0, 0.1) is 26.6 Å². The van der Waals surface area contributed by atoms with Crippen LogP contribution in [0.2, 0.25) is 0 Å². The first-order valence-corrected chi connectivity index (χ1v) is 8.20. The van der Waals surface area contributed by atoms with Crippen LogP contribution in [0.3, 0.4) is 0 Å². The Morgan fingerprint density at radius 1 is 1.09 bits per heavy atom. The Bertz CT molecular complexity index is 685. The van der Waals surface area contributed by atoms with Gasteiger partial charge in [0.15, 0.2) is 0 Å². The Morgan fingerprint density at radius 2 is 1.86 bits per heavy atom. The van der Waals surface area contributed by atoms with E-state index in [1.165, 1.54) is 17.2 Å². The van der Waals surface area contributed by atoms with E-state index in [1.54, 1.807) is 23.9 Å². The van der Waals surface area contributed by atoms with Gasteiger partial charge in [0.1, 0.15) is 5.82 Å². The number of anilines is 1. The second-order valence-corrected chi connectivity index (χ2v) is 6.54. The third-order valence-corrected chi connectivity index (χ3v) is 4.47. The van der Waals surface area contributed by atoms with Gasteiger partial charge in [-0.05, 0) is 61.7 Å². The fourth-order valence-electron chi connectivity index (χ4n) is 2.01. The predicted molar refractivity (Wildman–Crippen MR) is 91.0 cm³/mol. The number of thioether (sulfide) groups is 1. The maximum atomic E-state index is 13.6. The number of hydrogen-bond acceptors (Lipinski definition) is 2. The molecule has 2 aromatic carbocycles. The molecule has 0 radical (unpaired) electrons. The van der Waals surface area contributed by atoms with Crippen molar-refractivity contribution in [3.63, 3.8) is 0 Å². The lowest BCUT2D eigenvalue weighted by Gasteiger charge is -2.08. The van der Waals surface area contributed by atoms with Crippen molar-refractivity contribution >= 4 is 23.4 Å². The summed E-state index contributed by atoms with van der Waals surface area (Å²) in [5.41, 5.74) is 3.68. The maximum Gasteiger partial charge on any atom is 0.225 e. The Hall–Kier alpha value is -1.81. The van der Waals surface area contributed by atoms with Gasteiger partial charge in [0.25, 0.3) is 0 Å². The van der Waals surface area contributed by atoms with E-state index < -0.39 is 5.82 Å². The number of nitrogens with one attached hydrogen (secondary N) is 1. The van der Waals surface area contributed by atoms with Gasteiger partial charge < -0.3 is 5.32 Å². The van der Waals surface area contributed by atoms with E-state index in [1.807, 2.05) is 6.92 Å². The maximum absolute atomic E-state index is 13.6. The molecule has 0 heterocycles. The smallest absolute Gasteiger partial charge is 0.225 e. The van der Waals surface area contributed by atoms with Crippen molar-refractivity contribution in [2.24, 2.45) is 0 Å². The Kier molecular flexibility index (Phi) is 5.61. The standard InChI is InChI=1S/C18H20FNOS/c1-12-4-7-16(19)17(10-12)20-18(21)8-9-22-15-6-5-13(2)14(3)11-15/h4-7,10-11H,8-9H2,1-3H3,(H,20,21). The zero-order valence-corrected chi connectivity index (χ0v) is 13.9. The molecule has 116 valence electrons. The molecule has 2 aromatic rings. The number of rotatable bonds is 5. The molecule has 22 heavy (non-hydrogen) atoms. The SMILES string of the molecule is Cc1ccc(F)c(NC(=O)CCSc2ccc(C)c(C)c2)c1. The van der Waals surface area contributed by atoms with E-state index >= 15 is 0 Å². The van der Waals surface area contributed by atoms with Gasteiger partial charge in [0, 0.05) is 17.1 Å². The van der Waals surface area contributed by atoms with Crippen molar-refractivity contribution in [3.8, 4) is 0 Å². The normalized spacial score (nSPS) is 10.5. The van der Waals surface area contributed by atoms with Gasteiger partial charge in [0.2, 0.25) is 5.91 Å². The minimum atomic E-state index is -0.402. The van der Waals surface area contributed by atoms with Crippen LogP contribution in [0.25, 0.3) is 0 Å². The Labute approximate surface area is 135 Å². The molecule has 0 atom stereocenters. The molecule has 4 heteroatoms. The van der Waals surface area contributed by atoms with Gasteiger partial charge >= 0.3 is 0 Å². The van der Waals surface area contributed by atoms with Crippen LogP contribution in [0.15, 0.2) is 41.3 Å². The van der Waals surface area contributed by atoms with Crippen LogP contribution in [0.4, 0.5) is 10.1 Å². The molecule has 0 aliphatic heterocycles. The molecule has 0 spiro atoms. The molecule has 2 rings (SSSR count). The largest absolute Gasteiger partial charge is 0.324 e. The summed E-state index contributed by atoms with van der Waals surface area (Å²) in [5, 5.41) is 2.63. The number of carbonyl (C=O) groups excluding carboxylic acids is 1. The molecule has 0 bridgehead atoms. The lowest BCUT2D eigenvalue weighted by atomic mass is 10.1. The van der Waals surface area contributed by atoms with Crippen molar-refractivity contribution in [1.29, 1.82) is 0 Å². The molecule has 1 N–H and O–H groups in total. The summed E-state index contributed by atoms with van der Waals surface area (Å²) >= 11 is 1.63. The van der Waals surface area contributed by atoms with Crippen molar-refractivity contribution < 1.29 is 9.18 Å². The molecule has 0 unspecified atom stereocenters. The Balaban J connectivity index is 1.85. The number of amides is 1. The van der Waals surface area contributed by atoms with E-state index in [0.29, 0.717) is 12.2 Å². The van der Waals surface area contributed by atoms with Gasteiger partial charge in [-0.25, -0.2) is 4.39 Å². The highest BCUT2D eigenvalue weighted by Crippen LogP contribution is 2.22. The van der Waals surface area contributed by atoms with Crippen LogP contribution < -0.4 is 5.32 Å². The van der Waals surface area contributed by atoms with E-state index in [4.69, 9.17) is 0 Å². The van der Waals surface area contributed by atoms with Crippen LogP contribution in [0.5, 0.6) is 0 Å². The lowest BCUT2D eigenvalue weighted by molar-refractivity contribution is -0.115. The Morgan fingerprint density at radius 3 is 2.59 bits per heavy atom. The highest BCUT2D eigenvalue weighted by Gasteiger charge is 2.07. The average Bonchev–Trinajstić information content (AvgIpc) is 2.47. The molecule has 0 saturated carbocycles. The molecule has 0 saturated heterocycles.